The van der Waals surface area contributed by atoms with E-state index in [0.29, 0.717) is 13.2 Å². The van der Waals surface area contributed by atoms with Crippen LogP contribution < -0.4 is 10.6 Å². The number of benzene rings is 1. The van der Waals surface area contributed by atoms with Crippen molar-refractivity contribution in [2.24, 2.45) is 0 Å². The number of aromatic nitrogens is 2. The molecule has 0 saturated carbocycles. The van der Waals surface area contributed by atoms with Crippen molar-refractivity contribution in [1.82, 2.24) is 14.3 Å². The summed E-state index contributed by atoms with van der Waals surface area (Å²) in [6, 6.07) is 11.0. The maximum absolute atomic E-state index is 12.6. The molecule has 0 unspecified atom stereocenters. The molecule has 164 valence electrons. The summed E-state index contributed by atoms with van der Waals surface area (Å²) < 4.78 is 29.7. The Morgan fingerprint density at radius 2 is 2.10 bits per heavy atom. The van der Waals surface area contributed by atoms with Crippen LogP contribution in [0.5, 0.6) is 0 Å². The van der Waals surface area contributed by atoms with Gasteiger partial charge in [0.1, 0.15) is 0 Å². The Bertz CT molecular complexity index is 1120. The van der Waals surface area contributed by atoms with E-state index >= 15 is 0 Å². The highest BCUT2D eigenvalue weighted by Gasteiger charge is 2.17. The third-order valence-electron chi connectivity index (χ3n) is 4.28. The summed E-state index contributed by atoms with van der Waals surface area (Å²) in [5, 5.41) is 8.80. The Balaban J connectivity index is 1.63. The van der Waals surface area contributed by atoms with Crippen LogP contribution in [0.3, 0.4) is 0 Å². The van der Waals surface area contributed by atoms with Gasteiger partial charge in [0.2, 0.25) is 10.0 Å². The van der Waals surface area contributed by atoms with Crippen LogP contribution in [0.25, 0.3) is 11.3 Å². The van der Waals surface area contributed by atoms with E-state index in [1.165, 1.54) is 29.8 Å². The number of carbonyl (C=O) groups excluding carboxylic acids is 1. The second kappa shape index (κ2) is 10.4. The lowest BCUT2D eigenvalue weighted by atomic mass is 10.2. The van der Waals surface area contributed by atoms with E-state index in [9.17, 15) is 13.2 Å². The molecule has 2 heterocycles. The second-order valence-corrected chi connectivity index (χ2v) is 9.52. The van der Waals surface area contributed by atoms with Crippen molar-refractivity contribution in [3.8, 4) is 11.3 Å². The third-order valence-corrected chi connectivity index (χ3v) is 6.07. The maximum atomic E-state index is 12.6. The Morgan fingerprint density at radius 3 is 2.77 bits per heavy atom. The highest BCUT2D eigenvalue weighted by atomic mass is 32.2. The molecular formula is C21H24N4O4S2. The van der Waals surface area contributed by atoms with Gasteiger partial charge in [-0.1, -0.05) is 36.4 Å². The molecule has 3 rings (SSSR count). The molecule has 0 bridgehead atoms. The molecular weight excluding hydrogens is 436 g/mol. The van der Waals surface area contributed by atoms with Gasteiger partial charge in [0.05, 0.1) is 36.8 Å². The van der Waals surface area contributed by atoms with Crippen molar-refractivity contribution < 1.29 is 17.9 Å². The van der Waals surface area contributed by atoms with E-state index in [1.54, 1.807) is 6.08 Å². The molecule has 3 aromatic rings. The Hall–Kier alpha value is -2.95. The van der Waals surface area contributed by atoms with Gasteiger partial charge in [-0.25, -0.2) is 13.4 Å². The van der Waals surface area contributed by atoms with Crippen LogP contribution in [0.1, 0.15) is 10.4 Å². The molecule has 0 fully saturated rings. The molecule has 2 aromatic heterocycles. The van der Waals surface area contributed by atoms with Gasteiger partial charge in [0.15, 0.2) is 5.13 Å². The number of ether oxygens (including phenoxy) is 1. The van der Waals surface area contributed by atoms with Crippen molar-refractivity contribution in [2.75, 3.05) is 31.3 Å². The molecule has 2 N–H and O–H groups in total. The number of hydrogen-bond acceptors (Lipinski definition) is 7. The van der Waals surface area contributed by atoms with Crippen LogP contribution in [-0.2, 0) is 14.8 Å². The fourth-order valence-electron chi connectivity index (χ4n) is 2.74. The molecule has 0 spiro atoms. The summed E-state index contributed by atoms with van der Waals surface area (Å²) in [7, 11) is -3.45. The standard InChI is InChI=1S/C21H24N4O4S2/c1-3-11-29-14-18(23-20(26)17-9-10-25(13-17)31(2,27)28)12-22-21-24-19(15-30-21)16-7-5-4-6-8-16/h3-10,13,15,18H,1,11-12,14H2,2H3,(H,22,24)(H,23,26)/t18-/m1/s1. The molecule has 1 amide bonds. The van der Waals surface area contributed by atoms with Crippen LogP contribution in [0, 0.1) is 0 Å². The first-order valence-corrected chi connectivity index (χ1v) is 12.2. The van der Waals surface area contributed by atoms with Gasteiger partial charge in [0, 0.05) is 29.9 Å². The van der Waals surface area contributed by atoms with E-state index in [2.05, 4.69) is 22.2 Å². The molecule has 0 radical (unpaired) electrons. The fraction of sp³-hybridized carbons (Fsp3) is 0.238. The van der Waals surface area contributed by atoms with Crippen molar-refractivity contribution in [1.29, 1.82) is 0 Å². The largest absolute Gasteiger partial charge is 0.375 e. The van der Waals surface area contributed by atoms with Gasteiger partial charge in [-0.15, -0.1) is 17.9 Å². The summed E-state index contributed by atoms with van der Waals surface area (Å²) in [5.41, 5.74) is 2.15. The highest BCUT2D eigenvalue weighted by molar-refractivity contribution is 7.89. The summed E-state index contributed by atoms with van der Waals surface area (Å²) in [6.45, 7) is 4.62. The molecule has 0 saturated heterocycles. The van der Waals surface area contributed by atoms with Gasteiger partial charge in [-0.3, -0.25) is 8.77 Å². The van der Waals surface area contributed by atoms with Gasteiger partial charge >= 0.3 is 0 Å². The predicted octanol–water partition coefficient (Wildman–Crippen LogP) is 2.83. The minimum absolute atomic E-state index is 0.250. The van der Waals surface area contributed by atoms with Crippen molar-refractivity contribution in [3.05, 3.63) is 72.4 Å². The van der Waals surface area contributed by atoms with Crippen LogP contribution in [0.15, 0.2) is 66.8 Å². The molecule has 1 aromatic carbocycles. The van der Waals surface area contributed by atoms with Crippen LogP contribution in [0.2, 0.25) is 0 Å². The van der Waals surface area contributed by atoms with E-state index in [4.69, 9.17) is 4.74 Å². The van der Waals surface area contributed by atoms with Crippen molar-refractivity contribution in [3.63, 3.8) is 0 Å². The second-order valence-electron chi connectivity index (χ2n) is 6.77. The predicted molar refractivity (Wildman–Crippen MR) is 123 cm³/mol. The zero-order valence-electron chi connectivity index (χ0n) is 17.0. The number of nitrogens with zero attached hydrogens (tertiary/aromatic N) is 2. The molecule has 10 heteroatoms. The number of thiazole rings is 1. The lowest BCUT2D eigenvalue weighted by molar-refractivity contribution is 0.0882. The maximum Gasteiger partial charge on any atom is 0.253 e. The summed E-state index contributed by atoms with van der Waals surface area (Å²) in [5.74, 6) is -0.388. The quantitative estimate of drug-likeness (QED) is 0.337. The zero-order valence-corrected chi connectivity index (χ0v) is 18.7. The van der Waals surface area contributed by atoms with Gasteiger partial charge in [-0.2, -0.15) is 0 Å². The molecule has 0 aliphatic heterocycles. The Morgan fingerprint density at radius 1 is 1.32 bits per heavy atom. The number of anilines is 1. The van der Waals surface area contributed by atoms with Crippen molar-refractivity contribution in [2.45, 2.75) is 6.04 Å². The van der Waals surface area contributed by atoms with Gasteiger partial charge in [0.25, 0.3) is 5.91 Å². The highest BCUT2D eigenvalue weighted by Crippen LogP contribution is 2.24. The normalized spacial score (nSPS) is 12.3. The van der Waals surface area contributed by atoms with E-state index in [0.717, 1.165) is 26.6 Å². The molecule has 0 aliphatic rings. The number of carbonyl (C=O) groups is 1. The summed E-state index contributed by atoms with van der Waals surface area (Å²) in [6.07, 6.45) is 5.33. The summed E-state index contributed by atoms with van der Waals surface area (Å²) in [4.78, 5) is 17.2. The Labute approximate surface area is 185 Å². The van der Waals surface area contributed by atoms with Crippen LogP contribution in [-0.4, -0.2) is 55.3 Å². The molecule has 1 atom stereocenters. The SMILES string of the molecule is C=CCOC[C@@H](CNc1nc(-c2ccccc2)cs1)NC(=O)c1ccn(S(C)(=O)=O)c1. The average molecular weight is 461 g/mol. The topological polar surface area (TPSA) is 102 Å². The number of rotatable bonds is 11. The number of hydrogen-bond donors (Lipinski definition) is 2. The van der Waals surface area contributed by atoms with E-state index in [-0.39, 0.29) is 24.1 Å². The zero-order chi connectivity index (χ0) is 22.3. The van der Waals surface area contributed by atoms with Crippen LogP contribution >= 0.6 is 11.3 Å². The van der Waals surface area contributed by atoms with Crippen molar-refractivity contribution >= 4 is 32.4 Å². The van der Waals surface area contributed by atoms with E-state index < -0.39 is 10.0 Å². The lowest BCUT2D eigenvalue weighted by Crippen LogP contribution is -2.43. The Kier molecular flexibility index (Phi) is 7.61. The molecule has 8 nitrogen and oxygen atoms in total. The van der Waals surface area contributed by atoms with Gasteiger partial charge < -0.3 is 15.4 Å². The monoisotopic (exact) mass is 460 g/mol. The minimum Gasteiger partial charge on any atom is -0.375 e. The lowest BCUT2D eigenvalue weighted by Gasteiger charge is -2.18. The molecule has 31 heavy (non-hydrogen) atoms. The first kappa shape index (κ1) is 22.7. The number of nitrogens with one attached hydrogen (secondary N) is 2. The van der Waals surface area contributed by atoms with Gasteiger partial charge in [-0.05, 0) is 6.07 Å². The molecule has 0 aliphatic carbocycles. The van der Waals surface area contributed by atoms with Crippen LogP contribution in [0.4, 0.5) is 5.13 Å². The smallest absolute Gasteiger partial charge is 0.253 e. The average Bonchev–Trinajstić information content (AvgIpc) is 3.42. The number of amides is 1. The third kappa shape index (κ3) is 6.51. The summed E-state index contributed by atoms with van der Waals surface area (Å²) >= 11 is 1.47. The first-order valence-electron chi connectivity index (χ1n) is 9.49. The fourth-order valence-corrected chi connectivity index (χ4v) is 4.06. The minimum atomic E-state index is -3.45. The van der Waals surface area contributed by atoms with E-state index in [1.807, 2.05) is 35.7 Å². The first-order chi connectivity index (χ1) is 14.9.